The standard InChI is InChI=1S/C20H22ClNO7S/c1-20(10-28-2)9-12(22-29-20)16-15(30(3,26)27)8-7-11(18(16)21)19(25)17-13(23)5-4-6-14(17)24/h7-8,17H,4-6,9-10H2,1-3H3. The molecule has 0 N–H and O–H groups in total. The van der Waals surface area contributed by atoms with Crippen LogP contribution in [-0.2, 0) is 29.0 Å². The van der Waals surface area contributed by atoms with Crippen LogP contribution in [0.4, 0.5) is 0 Å². The van der Waals surface area contributed by atoms with Crippen molar-refractivity contribution < 1.29 is 32.4 Å². The summed E-state index contributed by atoms with van der Waals surface area (Å²) < 4.78 is 29.9. The molecule has 0 aromatic heterocycles. The van der Waals surface area contributed by atoms with Crippen LogP contribution in [0.3, 0.4) is 0 Å². The Labute approximate surface area is 179 Å². The molecule has 1 aromatic carbocycles. The molecule has 1 aliphatic carbocycles. The maximum Gasteiger partial charge on any atom is 0.182 e. The number of ketones is 3. The second kappa shape index (κ2) is 8.20. The first-order chi connectivity index (χ1) is 14.0. The van der Waals surface area contributed by atoms with Gasteiger partial charge in [-0.3, -0.25) is 14.4 Å². The molecule has 1 aromatic rings. The minimum atomic E-state index is -3.73. The normalized spacial score (nSPS) is 22.7. The van der Waals surface area contributed by atoms with E-state index in [4.69, 9.17) is 21.2 Å². The van der Waals surface area contributed by atoms with Crippen LogP contribution in [0, 0.1) is 5.92 Å². The second-order valence-corrected chi connectivity index (χ2v) is 10.2. The molecule has 1 aliphatic heterocycles. The number of carbonyl (C=O) groups excluding carboxylic acids is 3. The van der Waals surface area contributed by atoms with Gasteiger partial charge in [0.05, 0.1) is 22.2 Å². The fourth-order valence-electron chi connectivity index (χ4n) is 3.78. The molecule has 1 saturated carbocycles. The lowest BCUT2D eigenvalue weighted by atomic mass is 9.81. The molecule has 162 valence electrons. The summed E-state index contributed by atoms with van der Waals surface area (Å²) in [5.74, 6) is -3.03. The summed E-state index contributed by atoms with van der Waals surface area (Å²) in [5.41, 5.74) is -0.621. The van der Waals surface area contributed by atoms with E-state index in [1.807, 2.05) is 0 Å². The highest BCUT2D eigenvalue weighted by Crippen LogP contribution is 2.36. The highest BCUT2D eigenvalue weighted by molar-refractivity contribution is 7.90. The van der Waals surface area contributed by atoms with Gasteiger partial charge in [0.15, 0.2) is 32.8 Å². The monoisotopic (exact) mass is 455 g/mol. The van der Waals surface area contributed by atoms with Crippen LogP contribution in [0.25, 0.3) is 0 Å². The lowest BCUT2D eigenvalue weighted by Gasteiger charge is -2.21. The van der Waals surface area contributed by atoms with Gasteiger partial charge in [0.25, 0.3) is 0 Å². The fraction of sp³-hybridized carbons (Fsp3) is 0.500. The Hall–Kier alpha value is -2.10. The lowest BCUT2D eigenvalue weighted by molar-refractivity contribution is -0.133. The summed E-state index contributed by atoms with van der Waals surface area (Å²) in [7, 11) is -2.23. The third-order valence-corrected chi connectivity index (χ3v) is 6.71. The summed E-state index contributed by atoms with van der Waals surface area (Å²) in [6, 6.07) is 2.49. The molecule has 0 bridgehead atoms. The fourth-order valence-corrected chi connectivity index (χ4v) is 5.11. The lowest BCUT2D eigenvalue weighted by Crippen LogP contribution is -2.35. The summed E-state index contributed by atoms with van der Waals surface area (Å²) in [6.07, 6.45) is 1.91. The van der Waals surface area contributed by atoms with Gasteiger partial charge in [0.1, 0.15) is 5.92 Å². The number of hydrogen-bond donors (Lipinski definition) is 0. The molecule has 10 heteroatoms. The first-order valence-electron chi connectivity index (χ1n) is 9.35. The minimum Gasteiger partial charge on any atom is -0.386 e. The van der Waals surface area contributed by atoms with Crippen LogP contribution in [0.2, 0.25) is 5.02 Å². The number of nitrogens with zero attached hydrogens (tertiary/aromatic N) is 1. The number of carbonyl (C=O) groups is 3. The van der Waals surface area contributed by atoms with E-state index in [0.29, 0.717) is 6.42 Å². The molecule has 8 nitrogen and oxygen atoms in total. The van der Waals surface area contributed by atoms with Gasteiger partial charge in [-0.25, -0.2) is 8.42 Å². The predicted molar refractivity (Wildman–Crippen MR) is 109 cm³/mol. The molecule has 1 atom stereocenters. The molecule has 1 fully saturated rings. The molecule has 3 rings (SSSR count). The number of ether oxygens (including phenoxy) is 1. The quantitative estimate of drug-likeness (QED) is 0.477. The Kier molecular flexibility index (Phi) is 6.18. The predicted octanol–water partition coefficient (Wildman–Crippen LogP) is 2.39. The zero-order valence-electron chi connectivity index (χ0n) is 16.9. The summed E-state index contributed by atoms with van der Waals surface area (Å²) >= 11 is 6.50. The Morgan fingerprint density at radius 3 is 2.50 bits per heavy atom. The van der Waals surface area contributed by atoms with Gasteiger partial charge in [0, 0.05) is 43.8 Å². The Bertz CT molecular complexity index is 1050. The summed E-state index contributed by atoms with van der Waals surface area (Å²) in [4.78, 5) is 42.8. The molecule has 0 radical (unpaired) electrons. The van der Waals surface area contributed by atoms with Crippen molar-refractivity contribution in [3.05, 3.63) is 28.3 Å². The molecule has 0 amide bonds. The molecule has 0 spiro atoms. The third-order valence-electron chi connectivity index (χ3n) is 5.18. The third kappa shape index (κ3) is 4.19. The van der Waals surface area contributed by atoms with E-state index in [-0.39, 0.29) is 52.6 Å². The van der Waals surface area contributed by atoms with Crippen LogP contribution in [0.15, 0.2) is 22.2 Å². The van der Waals surface area contributed by atoms with E-state index in [1.54, 1.807) is 6.92 Å². The van der Waals surface area contributed by atoms with Crippen LogP contribution in [0.1, 0.15) is 48.5 Å². The Morgan fingerprint density at radius 2 is 1.93 bits per heavy atom. The van der Waals surface area contributed by atoms with Crippen LogP contribution in [-0.4, -0.2) is 57.1 Å². The van der Waals surface area contributed by atoms with Gasteiger partial charge >= 0.3 is 0 Å². The van der Waals surface area contributed by atoms with Crippen molar-refractivity contribution in [3.63, 3.8) is 0 Å². The van der Waals surface area contributed by atoms with E-state index in [2.05, 4.69) is 5.16 Å². The van der Waals surface area contributed by atoms with Crippen molar-refractivity contribution in [2.75, 3.05) is 20.0 Å². The topological polar surface area (TPSA) is 116 Å². The number of sulfone groups is 1. The number of rotatable bonds is 6. The first kappa shape index (κ1) is 22.6. The molecular weight excluding hydrogens is 434 g/mol. The number of Topliss-reactive ketones (excluding diaryl/α,β-unsaturated/α-hetero) is 3. The molecule has 1 unspecified atom stereocenters. The average molecular weight is 456 g/mol. The van der Waals surface area contributed by atoms with Gasteiger partial charge in [0.2, 0.25) is 0 Å². The van der Waals surface area contributed by atoms with Crippen LogP contribution >= 0.6 is 11.6 Å². The Balaban J connectivity index is 2.11. The highest BCUT2D eigenvalue weighted by atomic mass is 35.5. The molecule has 0 saturated heterocycles. The van der Waals surface area contributed by atoms with Crippen molar-refractivity contribution in [1.29, 1.82) is 0 Å². The smallest absolute Gasteiger partial charge is 0.182 e. The largest absolute Gasteiger partial charge is 0.386 e. The van der Waals surface area contributed by atoms with Gasteiger partial charge in [-0.1, -0.05) is 16.8 Å². The maximum atomic E-state index is 13.0. The van der Waals surface area contributed by atoms with Crippen molar-refractivity contribution in [3.8, 4) is 0 Å². The average Bonchev–Trinajstić information content (AvgIpc) is 3.02. The van der Waals surface area contributed by atoms with Gasteiger partial charge in [-0.05, 0) is 25.5 Å². The molecule has 1 heterocycles. The summed E-state index contributed by atoms with van der Waals surface area (Å²) in [6.45, 7) is 1.95. The SMILES string of the molecule is COCC1(C)CC(c2c(S(C)(=O)=O)ccc(C(=O)C3C(=O)CCCC3=O)c2Cl)=NO1. The second-order valence-electron chi connectivity index (χ2n) is 7.84. The highest BCUT2D eigenvalue weighted by Gasteiger charge is 2.40. The summed E-state index contributed by atoms with van der Waals surface area (Å²) in [5, 5.41) is 3.83. The van der Waals surface area contributed by atoms with E-state index >= 15 is 0 Å². The number of hydrogen-bond acceptors (Lipinski definition) is 8. The molecule has 2 aliphatic rings. The number of methoxy groups -OCH3 is 1. The van der Waals surface area contributed by atoms with Crippen LogP contribution in [0.5, 0.6) is 0 Å². The van der Waals surface area contributed by atoms with Crippen LogP contribution < -0.4 is 0 Å². The number of oxime groups is 1. The van der Waals surface area contributed by atoms with Gasteiger partial charge in [-0.2, -0.15) is 0 Å². The number of benzene rings is 1. The van der Waals surface area contributed by atoms with Crippen molar-refractivity contribution in [2.45, 2.75) is 43.1 Å². The van der Waals surface area contributed by atoms with Crippen molar-refractivity contribution in [2.24, 2.45) is 11.1 Å². The van der Waals surface area contributed by atoms with E-state index in [0.717, 1.165) is 6.26 Å². The van der Waals surface area contributed by atoms with Crippen molar-refractivity contribution in [1.82, 2.24) is 0 Å². The van der Waals surface area contributed by atoms with Crippen molar-refractivity contribution >= 4 is 44.5 Å². The van der Waals surface area contributed by atoms with E-state index in [1.165, 1.54) is 19.2 Å². The van der Waals surface area contributed by atoms with Gasteiger partial charge < -0.3 is 9.57 Å². The van der Waals surface area contributed by atoms with E-state index in [9.17, 15) is 22.8 Å². The Morgan fingerprint density at radius 1 is 1.30 bits per heavy atom. The molecular formula is C20H22ClNO7S. The zero-order valence-corrected chi connectivity index (χ0v) is 18.4. The first-order valence-corrected chi connectivity index (χ1v) is 11.6. The molecule has 30 heavy (non-hydrogen) atoms. The maximum absolute atomic E-state index is 13.0. The number of halogens is 1. The minimum absolute atomic E-state index is 0.0422. The van der Waals surface area contributed by atoms with Gasteiger partial charge in [-0.15, -0.1) is 0 Å². The zero-order chi connectivity index (χ0) is 22.3. The van der Waals surface area contributed by atoms with E-state index < -0.39 is 38.7 Å².